The van der Waals surface area contributed by atoms with Crippen molar-refractivity contribution in [1.82, 2.24) is 29.4 Å². The molecule has 10 heteroatoms. The van der Waals surface area contributed by atoms with Gasteiger partial charge in [-0.2, -0.15) is 10.4 Å². The quantitative estimate of drug-likeness (QED) is 0.300. The fourth-order valence-electron chi connectivity index (χ4n) is 6.81. The molecule has 10 nitrogen and oxygen atoms in total. The van der Waals surface area contributed by atoms with E-state index in [0.717, 1.165) is 79.4 Å². The van der Waals surface area contributed by atoms with E-state index in [1.807, 2.05) is 30.7 Å². The highest BCUT2D eigenvalue weighted by Crippen LogP contribution is 2.37. The van der Waals surface area contributed by atoms with E-state index >= 15 is 0 Å². The van der Waals surface area contributed by atoms with Crippen molar-refractivity contribution in [1.29, 1.82) is 5.26 Å². The minimum atomic E-state index is 0.539. The number of hydrogen-bond donors (Lipinski definition) is 0. The van der Waals surface area contributed by atoms with Crippen LogP contribution in [0.3, 0.4) is 0 Å². The van der Waals surface area contributed by atoms with Crippen LogP contribution in [-0.4, -0.2) is 88.4 Å². The first kappa shape index (κ1) is 26.7. The van der Waals surface area contributed by atoms with Crippen molar-refractivity contribution in [3.63, 3.8) is 0 Å². The summed E-state index contributed by atoms with van der Waals surface area (Å²) in [6.45, 7) is 7.38. The molecule has 7 rings (SSSR count). The van der Waals surface area contributed by atoms with Gasteiger partial charge in [0.25, 0.3) is 0 Å². The van der Waals surface area contributed by atoms with Gasteiger partial charge in [0, 0.05) is 81.4 Å². The molecule has 42 heavy (non-hydrogen) atoms. The number of aromatic nitrogens is 4. The van der Waals surface area contributed by atoms with Crippen molar-refractivity contribution in [2.75, 3.05) is 57.9 Å². The fraction of sp³-hybridized carbons (Fsp3) is 0.438. The topological polar surface area (TPSA) is 95.1 Å². The average Bonchev–Trinajstić information content (AvgIpc) is 3.78. The lowest BCUT2D eigenvalue weighted by atomic mass is 10.1. The van der Waals surface area contributed by atoms with Crippen LogP contribution in [0.5, 0.6) is 11.6 Å². The Morgan fingerprint density at radius 2 is 1.93 bits per heavy atom. The summed E-state index contributed by atoms with van der Waals surface area (Å²) in [5.74, 6) is 3.23. The summed E-state index contributed by atoms with van der Waals surface area (Å²) >= 11 is 0. The molecule has 4 aromatic heterocycles. The Labute approximate surface area is 246 Å². The highest BCUT2D eigenvalue weighted by molar-refractivity contribution is 5.85. The Bertz CT molecular complexity index is 1570. The maximum Gasteiger partial charge on any atom is 0.212 e. The minimum absolute atomic E-state index is 0.539. The molecule has 6 heterocycles. The zero-order valence-electron chi connectivity index (χ0n) is 24.0. The monoisotopic (exact) mass is 564 g/mol. The van der Waals surface area contributed by atoms with Crippen molar-refractivity contribution in [3.8, 4) is 28.8 Å². The van der Waals surface area contributed by atoms with Crippen LogP contribution in [0.25, 0.3) is 16.6 Å². The zero-order valence-corrected chi connectivity index (χ0v) is 24.0. The molecular formula is C32H36N8O2. The maximum atomic E-state index is 9.76. The van der Waals surface area contributed by atoms with E-state index in [2.05, 4.69) is 49.1 Å². The molecule has 2 saturated heterocycles. The number of likely N-dealkylation sites (tertiary alicyclic amines) is 1. The molecule has 0 amide bonds. The van der Waals surface area contributed by atoms with Gasteiger partial charge in [0.15, 0.2) is 0 Å². The first-order chi connectivity index (χ1) is 20.7. The molecule has 4 aromatic rings. The van der Waals surface area contributed by atoms with Gasteiger partial charge in [-0.15, -0.1) is 0 Å². The first-order valence-electron chi connectivity index (χ1n) is 14.9. The summed E-state index contributed by atoms with van der Waals surface area (Å²) in [6.07, 6.45) is 11.3. The van der Waals surface area contributed by atoms with Crippen LogP contribution in [0.1, 0.15) is 30.4 Å². The van der Waals surface area contributed by atoms with Crippen LogP contribution in [0.4, 0.5) is 5.82 Å². The van der Waals surface area contributed by atoms with Gasteiger partial charge in [0.05, 0.1) is 30.6 Å². The maximum absolute atomic E-state index is 9.76. The number of ether oxygens (including phenoxy) is 2. The molecule has 216 valence electrons. The van der Waals surface area contributed by atoms with Gasteiger partial charge in [0.2, 0.25) is 5.88 Å². The van der Waals surface area contributed by atoms with E-state index in [0.29, 0.717) is 18.1 Å². The summed E-state index contributed by atoms with van der Waals surface area (Å²) in [6, 6.07) is 13.2. The number of anilines is 1. The lowest BCUT2D eigenvalue weighted by molar-refractivity contribution is 0.172. The molecule has 0 radical (unpaired) electrons. The molecule has 0 N–H and O–H groups in total. The van der Waals surface area contributed by atoms with Crippen LogP contribution < -0.4 is 14.4 Å². The number of piperazine rings is 1. The average molecular weight is 565 g/mol. The molecule has 1 aliphatic carbocycles. The first-order valence-corrected chi connectivity index (χ1v) is 14.9. The lowest BCUT2D eigenvalue weighted by Gasteiger charge is -2.35. The summed E-state index contributed by atoms with van der Waals surface area (Å²) in [5, 5.41) is 14.2. The van der Waals surface area contributed by atoms with Gasteiger partial charge in [-0.1, -0.05) is 6.07 Å². The van der Waals surface area contributed by atoms with Crippen molar-refractivity contribution in [2.45, 2.75) is 31.8 Å². The number of methoxy groups -OCH3 is 1. The molecule has 2 aliphatic heterocycles. The summed E-state index contributed by atoms with van der Waals surface area (Å²) in [4.78, 5) is 16.5. The third kappa shape index (κ3) is 5.38. The molecule has 1 saturated carbocycles. The number of hydrogen-bond acceptors (Lipinski definition) is 9. The van der Waals surface area contributed by atoms with Crippen LogP contribution in [-0.2, 0) is 6.54 Å². The second kappa shape index (κ2) is 11.6. The zero-order chi connectivity index (χ0) is 28.5. The molecule has 3 fully saturated rings. The van der Waals surface area contributed by atoms with Crippen molar-refractivity contribution in [2.24, 2.45) is 5.92 Å². The number of pyridine rings is 3. The third-order valence-corrected chi connectivity index (χ3v) is 9.05. The van der Waals surface area contributed by atoms with Crippen molar-refractivity contribution < 1.29 is 9.47 Å². The number of fused-ring (bicyclic) bond motifs is 3. The minimum Gasteiger partial charge on any atom is -0.491 e. The van der Waals surface area contributed by atoms with Crippen LogP contribution in [0.15, 0.2) is 55.1 Å². The normalized spacial score (nSPS) is 20.7. The Hall–Kier alpha value is -4.20. The number of piperidine rings is 1. The van der Waals surface area contributed by atoms with Gasteiger partial charge >= 0.3 is 0 Å². The Kier molecular flexibility index (Phi) is 7.36. The highest BCUT2D eigenvalue weighted by atomic mass is 16.5. The van der Waals surface area contributed by atoms with Crippen LogP contribution >= 0.6 is 0 Å². The second-order valence-electron chi connectivity index (χ2n) is 11.6. The fourth-order valence-corrected chi connectivity index (χ4v) is 6.81. The lowest BCUT2D eigenvalue weighted by Crippen LogP contribution is -2.46. The van der Waals surface area contributed by atoms with Gasteiger partial charge in [-0.05, 0) is 48.9 Å². The van der Waals surface area contributed by atoms with E-state index in [1.165, 1.54) is 31.4 Å². The number of nitrogens with zero attached hydrogens (tertiary/aromatic N) is 8. The molecule has 3 aliphatic rings. The Balaban J connectivity index is 1.02. The predicted molar refractivity (Wildman–Crippen MR) is 160 cm³/mol. The van der Waals surface area contributed by atoms with Gasteiger partial charge in [-0.3, -0.25) is 9.80 Å². The summed E-state index contributed by atoms with van der Waals surface area (Å²) in [7, 11) is 1.63. The van der Waals surface area contributed by atoms with E-state index in [-0.39, 0.29) is 0 Å². The van der Waals surface area contributed by atoms with E-state index in [1.54, 1.807) is 17.8 Å². The van der Waals surface area contributed by atoms with Crippen molar-refractivity contribution in [3.05, 3.63) is 66.2 Å². The Morgan fingerprint density at radius 1 is 1.02 bits per heavy atom. The Morgan fingerprint density at radius 3 is 2.62 bits per heavy atom. The van der Waals surface area contributed by atoms with Gasteiger partial charge in [0.1, 0.15) is 24.2 Å². The number of rotatable bonds is 9. The molecule has 0 spiro atoms. The van der Waals surface area contributed by atoms with Gasteiger partial charge in [-0.25, -0.2) is 14.5 Å². The molecule has 2 bridgehead atoms. The van der Waals surface area contributed by atoms with Crippen LogP contribution in [0.2, 0.25) is 0 Å². The standard InChI is InChI=1S/C32H36N8O2/c1-41-31-7-3-24(17-35-31)20-37-8-10-38(11-9-37)30-6-4-25(18-34-30)29-15-28(22-40-32(29)26(16-33)19-36-40)42-13-12-39-21-23-2-5-27(39)14-23/h3-4,6-7,15,17-19,22-23,27H,2,5,8-14,20-21H2,1H3. The molecule has 2 atom stereocenters. The summed E-state index contributed by atoms with van der Waals surface area (Å²) in [5.41, 5.74) is 4.34. The van der Waals surface area contributed by atoms with E-state index in [4.69, 9.17) is 14.5 Å². The SMILES string of the molecule is COc1ccc(CN2CCN(c3ccc(-c4cc(OCCN5CC6CCC5C6)cn5ncc(C#N)c45)cn3)CC2)cn1. The third-order valence-electron chi connectivity index (χ3n) is 9.05. The largest absolute Gasteiger partial charge is 0.491 e. The predicted octanol–water partition coefficient (Wildman–Crippen LogP) is 3.86. The van der Waals surface area contributed by atoms with E-state index in [9.17, 15) is 5.26 Å². The van der Waals surface area contributed by atoms with Gasteiger partial charge < -0.3 is 14.4 Å². The molecule has 2 unspecified atom stereocenters. The smallest absolute Gasteiger partial charge is 0.212 e. The van der Waals surface area contributed by atoms with E-state index < -0.39 is 0 Å². The second-order valence-corrected chi connectivity index (χ2v) is 11.6. The van der Waals surface area contributed by atoms with Crippen molar-refractivity contribution >= 4 is 11.3 Å². The number of nitriles is 1. The molecular weight excluding hydrogens is 528 g/mol. The highest BCUT2D eigenvalue weighted by Gasteiger charge is 2.37. The summed E-state index contributed by atoms with van der Waals surface area (Å²) < 4.78 is 13.2. The molecule has 0 aromatic carbocycles. The van der Waals surface area contributed by atoms with Crippen LogP contribution in [0, 0.1) is 17.2 Å².